The Morgan fingerprint density at radius 1 is 1.32 bits per heavy atom. The van der Waals surface area contributed by atoms with Crippen molar-refractivity contribution in [3.63, 3.8) is 0 Å². The van der Waals surface area contributed by atoms with Crippen molar-refractivity contribution < 1.29 is 24.5 Å². The Balaban J connectivity index is 3.02. The Bertz CT molecular complexity index is 434. The topological polar surface area (TPSA) is 110 Å². The zero-order valence-electron chi connectivity index (χ0n) is 10.5. The summed E-state index contributed by atoms with van der Waals surface area (Å²) in [6.45, 7) is 1.68. The van der Waals surface area contributed by atoms with Gasteiger partial charge in [0.25, 0.3) is 0 Å². The number of carboxylic acid groups (broad SMARTS) is 1. The molecule has 0 heterocycles. The molecule has 19 heavy (non-hydrogen) atoms. The molecule has 1 aromatic carbocycles. The average Bonchev–Trinajstić information content (AvgIpc) is 2.40. The number of nitrogens with two attached hydrogens (primary N) is 1. The zero-order chi connectivity index (χ0) is 14.4. The maximum absolute atomic E-state index is 11.8. The number of hydrogen-bond donors (Lipinski definition) is 3. The van der Waals surface area contributed by atoms with E-state index in [1.807, 2.05) is 0 Å². The van der Waals surface area contributed by atoms with Crippen LogP contribution in [0.3, 0.4) is 0 Å². The Morgan fingerprint density at radius 3 is 2.37 bits per heavy atom. The van der Waals surface area contributed by atoms with E-state index in [1.165, 1.54) is 0 Å². The largest absolute Gasteiger partial charge is 0.479 e. The lowest BCUT2D eigenvalue weighted by atomic mass is 9.89. The first-order chi connectivity index (χ1) is 8.99. The number of carboxylic acids is 1. The summed E-state index contributed by atoms with van der Waals surface area (Å²) < 4.78 is 4.78. The Labute approximate surface area is 110 Å². The minimum Gasteiger partial charge on any atom is -0.479 e. The molecule has 3 atom stereocenters. The van der Waals surface area contributed by atoms with Gasteiger partial charge in [0.05, 0.1) is 6.61 Å². The van der Waals surface area contributed by atoms with Crippen molar-refractivity contribution in [3.05, 3.63) is 35.9 Å². The minimum atomic E-state index is -1.91. The molecule has 0 radical (unpaired) electrons. The zero-order valence-corrected chi connectivity index (χ0v) is 10.5. The number of ether oxygens (including phenoxy) is 1. The van der Waals surface area contributed by atoms with Crippen molar-refractivity contribution in [2.24, 2.45) is 11.7 Å². The van der Waals surface area contributed by atoms with Gasteiger partial charge in [0.1, 0.15) is 5.92 Å². The second-order valence-electron chi connectivity index (χ2n) is 4.00. The second kappa shape index (κ2) is 6.86. The van der Waals surface area contributed by atoms with Crippen LogP contribution in [-0.4, -0.2) is 34.9 Å². The van der Waals surface area contributed by atoms with Crippen LogP contribution in [0.15, 0.2) is 30.3 Å². The van der Waals surface area contributed by atoms with Crippen molar-refractivity contribution in [2.75, 3.05) is 6.61 Å². The molecule has 6 nitrogen and oxygen atoms in total. The van der Waals surface area contributed by atoms with Crippen LogP contribution in [-0.2, 0) is 14.3 Å². The fourth-order valence-corrected chi connectivity index (χ4v) is 1.75. The predicted octanol–water partition coefficient (Wildman–Crippen LogP) is 0.311. The number of aliphatic hydroxyl groups excluding tert-OH is 1. The van der Waals surface area contributed by atoms with Gasteiger partial charge in [-0.05, 0) is 12.5 Å². The molecule has 1 unspecified atom stereocenters. The van der Waals surface area contributed by atoms with Gasteiger partial charge in [-0.1, -0.05) is 30.3 Å². The van der Waals surface area contributed by atoms with E-state index in [4.69, 9.17) is 15.6 Å². The van der Waals surface area contributed by atoms with Crippen LogP contribution in [0.5, 0.6) is 0 Å². The SMILES string of the molecule is CCOC(=O)[C@@H](C(N)c1ccccc1)[C@H](O)C(=O)O. The molecule has 0 aliphatic heterocycles. The summed E-state index contributed by atoms with van der Waals surface area (Å²) in [5.74, 6) is -3.68. The molecule has 4 N–H and O–H groups in total. The van der Waals surface area contributed by atoms with Gasteiger partial charge in [-0.3, -0.25) is 4.79 Å². The first-order valence-electron chi connectivity index (χ1n) is 5.87. The van der Waals surface area contributed by atoms with Gasteiger partial charge < -0.3 is 20.7 Å². The van der Waals surface area contributed by atoms with Gasteiger partial charge in [-0.25, -0.2) is 4.79 Å². The molecule has 0 aromatic heterocycles. The van der Waals surface area contributed by atoms with Crippen molar-refractivity contribution in [1.82, 2.24) is 0 Å². The summed E-state index contributed by atoms with van der Waals surface area (Å²) in [5, 5.41) is 18.5. The Kier molecular flexibility index (Phi) is 5.47. The van der Waals surface area contributed by atoms with E-state index < -0.39 is 30.0 Å². The van der Waals surface area contributed by atoms with Gasteiger partial charge in [0, 0.05) is 6.04 Å². The van der Waals surface area contributed by atoms with Gasteiger partial charge in [-0.15, -0.1) is 0 Å². The number of carbonyl (C=O) groups excluding carboxylic acids is 1. The molecule has 0 fully saturated rings. The average molecular weight is 267 g/mol. The summed E-state index contributed by atoms with van der Waals surface area (Å²) in [4.78, 5) is 22.7. The monoisotopic (exact) mass is 267 g/mol. The summed E-state index contributed by atoms with van der Waals surface area (Å²) in [6, 6.07) is 7.56. The normalized spacial score (nSPS) is 15.3. The van der Waals surface area contributed by atoms with Gasteiger partial charge >= 0.3 is 11.9 Å². The van der Waals surface area contributed by atoms with E-state index in [2.05, 4.69) is 0 Å². The molecule has 0 spiro atoms. The highest BCUT2D eigenvalue weighted by atomic mass is 16.5. The first-order valence-corrected chi connectivity index (χ1v) is 5.87. The van der Waals surface area contributed by atoms with E-state index >= 15 is 0 Å². The fourth-order valence-electron chi connectivity index (χ4n) is 1.75. The molecule has 1 aromatic rings. The maximum Gasteiger partial charge on any atom is 0.333 e. The van der Waals surface area contributed by atoms with Gasteiger partial charge in [0.15, 0.2) is 6.10 Å². The van der Waals surface area contributed by atoms with Crippen molar-refractivity contribution >= 4 is 11.9 Å². The Hall–Kier alpha value is -1.92. The standard InChI is InChI=1S/C13H17NO5/c1-2-19-13(18)9(11(15)12(16)17)10(14)8-6-4-3-5-7-8/h3-7,9-11,15H,2,14H2,1H3,(H,16,17)/t9-,10?,11-/m0/s1. The van der Waals surface area contributed by atoms with E-state index in [0.29, 0.717) is 5.56 Å². The van der Waals surface area contributed by atoms with Crippen LogP contribution in [0.25, 0.3) is 0 Å². The quantitative estimate of drug-likeness (QED) is 0.640. The number of hydrogen-bond acceptors (Lipinski definition) is 5. The highest BCUT2D eigenvalue weighted by Gasteiger charge is 2.38. The van der Waals surface area contributed by atoms with Gasteiger partial charge in [0.2, 0.25) is 0 Å². The number of aliphatic hydroxyl groups is 1. The molecule has 1 rings (SSSR count). The molecule has 6 heteroatoms. The van der Waals surface area contributed by atoms with E-state index in [1.54, 1.807) is 37.3 Å². The van der Waals surface area contributed by atoms with Crippen LogP contribution in [0, 0.1) is 5.92 Å². The van der Waals surface area contributed by atoms with E-state index in [9.17, 15) is 14.7 Å². The Morgan fingerprint density at radius 2 is 1.89 bits per heavy atom. The third kappa shape index (κ3) is 3.77. The van der Waals surface area contributed by atoms with Crippen LogP contribution in [0.4, 0.5) is 0 Å². The maximum atomic E-state index is 11.8. The van der Waals surface area contributed by atoms with Crippen LogP contribution in [0.1, 0.15) is 18.5 Å². The third-order valence-corrected chi connectivity index (χ3v) is 2.72. The van der Waals surface area contributed by atoms with Crippen LogP contribution in [0.2, 0.25) is 0 Å². The molecule has 104 valence electrons. The number of benzene rings is 1. The van der Waals surface area contributed by atoms with E-state index in [0.717, 1.165) is 0 Å². The van der Waals surface area contributed by atoms with E-state index in [-0.39, 0.29) is 6.61 Å². The van der Waals surface area contributed by atoms with Crippen molar-refractivity contribution in [3.8, 4) is 0 Å². The molecular weight excluding hydrogens is 250 g/mol. The number of carbonyl (C=O) groups is 2. The minimum absolute atomic E-state index is 0.0865. The molecule has 0 aliphatic rings. The number of esters is 1. The summed E-state index contributed by atoms with van der Waals surface area (Å²) in [6.07, 6.45) is -1.91. The third-order valence-electron chi connectivity index (χ3n) is 2.72. The highest BCUT2D eigenvalue weighted by molar-refractivity contribution is 5.83. The molecule has 0 saturated carbocycles. The summed E-state index contributed by atoms with van der Waals surface area (Å²) in [5.41, 5.74) is 6.44. The number of aliphatic carboxylic acids is 1. The fraction of sp³-hybridized carbons (Fsp3) is 0.385. The lowest BCUT2D eigenvalue weighted by Crippen LogP contribution is -2.42. The molecule has 0 amide bonds. The lowest BCUT2D eigenvalue weighted by Gasteiger charge is -2.24. The predicted molar refractivity (Wildman–Crippen MR) is 67.1 cm³/mol. The van der Waals surface area contributed by atoms with Gasteiger partial charge in [-0.2, -0.15) is 0 Å². The van der Waals surface area contributed by atoms with Crippen molar-refractivity contribution in [1.29, 1.82) is 0 Å². The lowest BCUT2D eigenvalue weighted by molar-refractivity contribution is -0.163. The first kappa shape index (κ1) is 15.1. The molecule has 0 bridgehead atoms. The summed E-state index contributed by atoms with van der Waals surface area (Å²) in [7, 11) is 0. The second-order valence-corrected chi connectivity index (χ2v) is 4.00. The van der Waals surface area contributed by atoms with Crippen molar-refractivity contribution in [2.45, 2.75) is 19.1 Å². The van der Waals surface area contributed by atoms with Crippen LogP contribution < -0.4 is 5.73 Å². The smallest absolute Gasteiger partial charge is 0.333 e. The summed E-state index contributed by atoms with van der Waals surface area (Å²) >= 11 is 0. The molecular formula is C13H17NO5. The number of rotatable bonds is 6. The highest BCUT2D eigenvalue weighted by Crippen LogP contribution is 2.24. The molecule has 0 saturated heterocycles. The van der Waals surface area contributed by atoms with Crippen LogP contribution >= 0.6 is 0 Å². The molecule has 0 aliphatic carbocycles.